The second kappa shape index (κ2) is 11.0. The summed E-state index contributed by atoms with van der Waals surface area (Å²) in [6.45, 7) is 0. The largest absolute Gasteiger partial charge is 0.493 e. The van der Waals surface area contributed by atoms with Gasteiger partial charge in [0, 0.05) is 20.4 Å². The van der Waals surface area contributed by atoms with E-state index in [4.69, 9.17) is 32.7 Å². The minimum atomic E-state index is -0.483. The molecule has 4 aromatic rings. The Bertz CT molecular complexity index is 1380. The maximum Gasteiger partial charge on any atom is 0.343 e. The van der Waals surface area contributed by atoms with Crippen LogP contribution in [0.4, 0.5) is 5.13 Å². The maximum absolute atomic E-state index is 12.4. The molecule has 34 heavy (non-hydrogen) atoms. The lowest BCUT2D eigenvalue weighted by molar-refractivity contribution is 0.0729. The molecular formula is C24H16BrCl2N3O3S. The monoisotopic (exact) mass is 575 g/mol. The number of carbonyl (C=O) groups is 1. The number of aromatic nitrogens is 1. The third-order valence-corrected chi connectivity index (χ3v) is 6.32. The Morgan fingerprint density at radius 2 is 1.97 bits per heavy atom. The Hall–Kier alpha value is -2.91. The van der Waals surface area contributed by atoms with Gasteiger partial charge < -0.3 is 9.47 Å². The number of halogens is 3. The molecule has 0 aliphatic heterocycles. The van der Waals surface area contributed by atoms with Gasteiger partial charge in [-0.3, -0.25) is 5.43 Å². The summed E-state index contributed by atoms with van der Waals surface area (Å²) < 4.78 is 11.7. The molecule has 0 atom stereocenters. The first kappa shape index (κ1) is 24.2. The average molecular weight is 577 g/mol. The number of thiazole rings is 1. The van der Waals surface area contributed by atoms with E-state index in [-0.39, 0.29) is 0 Å². The molecule has 3 aromatic carbocycles. The number of anilines is 1. The second-order valence-electron chi connectivity index (χ2n) is 6.84. The van der Waals surface area contributed by atoms with Crippen LogP contribution in [0.25, 0.3) is 11.3 Å². The molecule has 0 saturated heterocycles. The zero-order chi connectivity index (χ0) is 24.1. The zero-order valence-electron chi connectivity index (χ0n) is 17.6. The van der Waals surface area contributed by atoms with Crippen molar-refractivity contribution in [3.63, 3.8) is 0 Å². The number of hydrogen-bond donors (Lipinski definition) is 1. The molecule has 0 unspecified atom stereocenters. The van der Waals surface area contributed by atoms with Crippen LogP contribution in [0.15, 0.2) is 75.6 Å². The van der Waals surface area contributed by atoms with Crippen molar-refractivity contribution >= 4 is 67.8 Å². The van der Waals surface area contributed by atoms with E-state index < -0.39 is 5.97 Å². The van der Waals surface area contributed by atoms with Gasteiger partial charge in [-0.2, -0.15) is 5.10 Å². The zero-order valence-corrected chi connectivity index (χ0v) is 21.5. The van der Waals surface area contributed by atoms with E-state index in [0.29, 0.717) is 32.2 Å². The summed E-state index contributed by atoms with van der Waals surface area (Å²) in [5, 5.41) is 7.80. The number of carbonyl (C=O) groups excluding carboxylic acids is 1. The summed E-state index contributed by atoms with van der Waals surface area (Å²) in [6.07, 6.45) is 1.61. The summed E-state index contributed by atoms with van der Waals surface area (Å²) in [5.41, 5.74) is 5.58. The van der Waals surface area contributed by atoms with E-state index >= 15 is 0 Å². The second-order valence-corrected chi connectivity index (χ2v) is 9.46. The molecule has 10 heteroatoms. The summed E-state index contributed by atoms with van der Waals surface area (Å²) in [7, 11) is 1.50. The molecule has 1 heterocycles. The van der Waals surface area contributed by atoms with Gasteiger partial charge in [-0.15, -0.1) is 11.3 Å². The standard InChI is InChI=1S/C24H16BrCl2N3O3S/c1-32-22-9-14(5-8-21(22)33-23(31)15-3-2-4-16(25)10-15)12-28-30-24-29-20(13-34-24)18-7-6-17(26)11-19(18)27/h2-13H,1H3,(H,29,30)/b28-12+. The summed E-state index contributed by atoms with van der Waals surface area (Å²) in [4.78, 5) is 16.9. The highest BCUT2D eigenvalue weighted by molar-refractivity contribution is 9.10. The Kier molecular flexibility index (Phi) is 7.84. The van der Waals surface area contributed by atoms with Gasteiger partial charge in [-0.25, -0.2) is 9.78 Å². The van der Waals surface area contributed by atoms with Crippen molar-refractivity contribution in [3.05, 3.63) is 91.7 Å². The topological polar surface area (TPSA) is 72.8 Å². The highest BCUT2D eigenvalue weighted by Crippen LogP contribution is 2.32. The van der Waals surface area contributed by atoms with Crippen molar-refractivity contribution in [2.24, 2.45) is 5.10 Å². The number of nitrogens with one attached hydrogen (secondary N) is 1. The molecule has 0 aliphatic carbocycles. The number of hydrazone groups is 1. The smallest absolute Gasteiger partial charge is 0.343 e. The Labute approximate surface area is 218 Å². The Balaban J connectivity index is 1.43. The van der Waals surface area contributed by atoms with E-state index in [1.165, 1.54) is 18.4 Å². The summed E-state index contributed by atoms with van der Waals surface area (Å²) >= 11 is 17.0. The maximum atomic E-state index is 12.4. The van der Waals surface area contributed by atoms with Crippen molar-refractivity contribution in [3.8, 4) is 22.8 Å². The van der Waals surface area contributed by atoms with Crippen molar-refractivity contribution < 1.29 is 14.3 Å². The van der Waals surface area contributed by atoms with E-state index in [9.17, 15) is 4.79 Å². The Morgan fingerprint density at radius 3 is 2.74 bits per heavy atom. The highest BCUT2D eigenvalue weighted by Gasteiger charge is 2.13. The summed E-state index contributed by atoms with van der Waals surface area (Å²) in [5.74, 6) is 0.228. The molecule has 1 aromatic heterocycles. The van der Waals surface area contributed by atoms with Crippen molar-refractivity contribution in [2.75, 3.05) is 12.5 Å². The third kappa shape index (κ3) is 5.95. The fraction of sp³-hybridized carbons (Fsp3) is 0.0417. The molecule has 0 spiro atoms. The number of benzene rings is 3. The fourth-order valence-electron chi connectivity index (χ4n) is 2.93. The highest BCUT2D eigenvalue weighted by atomic mass is 79.9. The lowest BCUT2D eigenvalue weighted by Gasteiger charge is -2.10. The predicted molar refractivity (Wildman–Crippen MR) is 141 cm³/mol. The van der Waals surface area contributed by atoms with Gasteiger partial charge in [-0.1, -0.05) is 45.2 Å². The summed E-state index contributed by atoms with van der Waals surface area (Å²) in [6, 6.07) is 17.4. The van der Waals surface area contributed by atoms with Crippen LogP contribution in [0.5, 0.6) is 11.5 Å². The number of ether oxygens (including phenoxy) is 2. The molecule has 4 rings (SSSR count). The molecule has 0 amide bonds. The van der Waals surface area contributed by atoms with Crippen LogP contribution in [0, 0.1) is 0 Å². The van der Waals surface area contributed by atoms with Crippen LogP contribution >= 0.6 is 50.5 Å². The van der Waals surface area contributed by atoms with Crippen molar-refractivity contribution in [1.29, 1.82) is 0 Å². The molecule has 0 aliphatic rings. The van der Waals surface area contributed by atoms with Crippen molar-refractivity contribution in [2.45, 2.75) is 0 Å². The molecule has 1 N–H and O–H groups in total. The quantitative estimate of drug-likeness (QED) is 0.106. The lowest BCUT2D eigenvalue weighted by atomic mass is 10.2. The van der Waals surface area contributed by atoms with Gasteiger partial charge in [0.05, 0.1) is 29.6 Å². The molecule has 0 radical (unpaired) electrons. The minimum absolute atomic E-state index is 0.307. The first-order valence-electron chi connectivity index (χ1n) is 9.79. The number of methoxy groups -OCH3 is 1. The van der Waals surface area contributed by atoms with Crippen LogP contribution < -0.4 is 14.9 Å². The van der Waals surface area contributed by atoms with Crippen LogP contribution in [-0.4, -0.2) is 24.3 Å². The van der Waals surface area contributed by atoms with Crippen LogP contribution in [-0.2, 0) is 0 Å². The third-order valence-electron chi connectivity index (χ3n) is 4.54. The molecular weight excluding hydrogens is 561 g/mol. The Morgan fingerprint density at radius 1 is 1.12 bits per heavy atom. The van der Waals surface area contributed by atoms with Crippen LogP contribution in [0.1, 0.15) is 15.9 Å². The van der Waals surface area contributed by atoms with E-state index in [2.05, 4.69) is 31.4 Å². The van der Waals surface area contributed by atoms with Gasteiger partial charge in [0.1, 0.15) is 0 Å². The first-order chi connectivity index (χ1) is 16.4. The predicted octanol–water partition coefficient (Wildman–Crippen LogP) is 7.55. The number of esters is 1. The molecule has 0 bridgehead atoms. The molecule has 0 fully saturated rings. The van der Waals surface area contributed by atoms with E-state index in [1.807, 2.05) is 17.5 Å². The van der Waals surface area contributed by atoms with Gasteiger partial charge in [0.25, 0.3) is 0 Å². The molecule has 172 valence electrons. The van der Waals surface area contributed by atoms with Crippen LogP contribution in [0.2, 0.25) is 10.0 Å². The van der Waals surface area contributed by atoms with Crippen molar-refractivity contribution in [1.82, 2.24) is 4.98 Å². The molecule has 0 saturated carbocycles. The van der Waals surface area contributed by atoms with Gasteiger partial charge in [-0.05, 0) is 60.2 Å². The SMILES string of the molecule is COc1cc(/C=N/Nc2nc(-c3ccc(Cl)cc3Cl)cs2)ccc1OC(=O)c1cccc(Br)c1. The van der Waals surface area contributed by atoms with Gasteiger partial charge in [0.2, 0.25) is 5.13 Å². The molecule has 6 nitrogen and oxygen atoms in total. The van der Waals surface area contributed by atoms with Gasteiger partial charge in [0.15, 0.2) is 11.5 Å². The lowest BCUT2D eigenvalue weighted by Crippen LogP contribution is -2.09. The fourth-order valence-corrected chi connectivity index (χ4v) is 4.50. The van der Waals surface area contributed by atoms with Gasteiger partial charge >= 0.3 is 5.97 Å². The average Bonchev–Trinajstić information content (AvgIpc) is 3.28. The number of hydrogen-bond acceptors (Lipinski definition) is 7. The normalized spacial score (nSPS) is 10.9. The van der Waals surface area contributed by atoms with E-state index in [0.717, 1.165) is 21.3 Å². The first-order valence-corrected chi connectivity index (χ1v) is 12.2. The minimum Gasteiger partial charge on any atom is -0.493 e. The van der Waals surface area contributed by atoms with Crippen LogP contribution in [0.3, 0.4) is 0 Å². The number of rotatable bonds is 7. The number of nitrogens with zero attached hydrogens (tertiary/aromatic N) is 2. The van der Waals surface area contributed by atoms with E-state index in [1.54, 1.807) is 54.7 Å².